The Bertz CT molecular complexity index is 620. The first-order valence-electron chi connectivity index (χ1n) is 8.03. The molecular formula is C18H23NO3. The topological polar surface area (TPSA) is 62.5 Å². The van der Waals surface area contributed by atoms with Gasteiger partial charge in [0.15, 0.2) is 0 Å². The number of furan rings is 1. The average molecular weight is 301 g/mol. The standard InChI is InChI=1S/C18H23NO3/c1-18(21,12-19-17(20)10-13-6-2-3-7-13)16-11-14-8-4-5-9-15(14)22-16/h4-5,8-9,11,13,21H,2-3,6-7,10,12H2,1H3,(H,19,20). The van der Waals surface area contributed by atoms with Gasteiger partial charge < -0.3 is 14.8 Å². The molecule has 1 aromatic carbocycles. The van der Waals surface area contributed by atoms with Gasteiger partial charge >= 0.3 is 0 Å². The van der Waals surface area contributed by atoms with E-state index in [-0.39, 0.29) is 12.5 Å². The average Bonchev–Trinajstić information content (AvgIpc) is 3.14. The molecule has 0 spiro atoms. The molecule has 3 rings (SSSR count). The molecule has 1 unspecified atom stereocenters. The van der Waals surface area contributed by atoms with E-state index < -0.39 is 5.60 Å². The third kappa shape index (κ3) is 3.33. The van der Waals surface area contributed by atoms with Gasteiger partial charge in [-0.25, -0.2) is 0 Å². The fourth-order valence-electron chi connectivity index (χ4n) is 3.15. The number of amides is 1. The number of nitrogens with one attached hydrogen (secondary N) is 1. The lowest BCUT2D eigenvalue weighted by Crippen LogP contribution is -2.38. The molecule has 0 bridgehead atoms. The van der Waals surface area contributed by atoms with Crippen LogP contribution in [0.3, 0.4) is 0 Å². The molecule has 0 radical (unpaired) electrons. The van der Waals surface area contributed by atoms with E-state index in [1.807, 2.05) is 30.3 Å². The minimum atomic E-state index is -1.20. The highest BCUT2D eigenvalue weighted by Crippen LogP contribution is 2.29. The van der Waals surface area contributed by atoms with E-state index in [1.54, 1.807) is 6.92 Å². The molecule has 1 aromatic heterocycles. The number of hydrogen-bond acceptors (Lipinski definition) is 3. The van der Waals surface area contributed by atoms with Gasteiger partial charge in [-0.2, -0.15) is 0 Å². The van der Waals surface area contributed by atoms with Crippen molar-refractivity contribution in [2.24, 2.45) is 5.92 Å². The van der Waals surface area contributed by atoms with Crippen molar-refractivity contribution in [2.45, 2.75) is 44.6 Å². The summed E-state index contributed by atoms with van der Waals surface area (Å²) >= 11 is 0. The van der Waals surface area contributed by atoms with Gasteiger partial charge in [0, 0.05) is 11.8 Å². The number of para-hydroxylation sites is 1. The second-order valence-corrected chi connectivity index (χ2v) is 6.55. The van der Waals surface area contributed by atoms with Crippen LogP contribution in [0.2, 0.25) is 0 Å². The Hall–Kier alpha value is -1.81. The zero-order valence-electron chi connectivity index (χ0n) is 13.0. The van der Waals surface area contributed by atoms with Gasteiger partial charge in [0.2, 0.25) is 5.91 Å². The Balaban J connectivity index is 1.61. The summed E-state index contributed by atoms with van der Waals surface area (Å²) in [6.45, 7) is 1.83. The fourth-order valence-corrected chi connectivity index (χ4v) is 3.15. The molecule has 118 valence electrons. The summed E-state index contributed by atoms with van der Waals surface area (Å²) in [5, 5.41) is 14.4. The molecule has 1 aliphatic rings. The van der Waals surface area contributed by atoms with Crippen LogP contribution in [-0.2, 0) is 10.4 Å². The van der Waals surface area contributed by atoms with E-state index in [4.69, 9.17) is 4.42 Å². The van der Waals surface area contributed by atoms with E-state index in [0.29, 0.717) is 18.1 Å². The second-order valence-electron chi connectivity index (χ2n) is 6.55. The predicted molar refractivity (Wildman–Crippen MR) is 85.4 cm³/mol. The first-order valence-corrected chi connectivity index (χ1v) is 8.03. The number of carbonyl (C=O) groups excluding carboxylic acids is 1. The Kier molecular flexibility index (Phi) is 4.21. The van der Waals surface area contributed by atoms with Crippen molar-refractivity contribution >= 4 is 16.9 Å². The Labute approximate surface area is 130 Å². The zero-order chi connectivity index (χ0) is 15.6. The Morgan fingerprint density at radius 3 is 2.82 bits per heavy atom. The summed E-state index contributed by atoms with van der Waals surface area (Å²) in [6.07, 6.45) is 5.32. The van der Waals surface area contributed by atoms with E-state index in [2.05, 4.69) is 5.32 Å². The summed E-state index contributed by atoms with van der Waals surface area (Å²) < 4.78 is 5.70. The molecule has 1 atom stereocenters. The van der Waals surface area contributed by atoms with Crippen LogP contribution in [0, 0.1) is 5.92 Å². The highest BCUT2D eigenvalue weighted by molar-refractivity contribution is 5.78. The lowest BCUT2D eigenvalue weighted by Gasteiger charge is -2.21. The molecule has 0 aliphatic heterocycles. The fraction of sp³-hybridized carbons (Fsp3) is 0.500. The lowest BCUT2D eigenvalue weighted by molar-refractivity contribution is -0.123. The molecular weight excluding hydrogens is 278 g/mol. The van der Waals surface area contributed by atoms with Crippen molar-refractivity contribution in [3.05, 3.63) is 36.1 Å². The van der Waals surface area contributed by atoms with Gasteiger partial charge in [0.1, 0.15) is 16.9 Å². The van der Waals surface area contributed by atoms with Gasteiger partial charge in [-0.05, 0) is 37.8 Å². The van der Waals surface area contributed by atoms with Crippen LogP contribution in [0.1, 0.15) is 44.8 Å². The number of carbonyl (C=O) groups is 1. The van der Waals surface area contributed by atoms with Crippen LogP contribution in [-0.4, -0.2) is 17.6 Å². The molecule has 1 saturated carbocycles. The maximum Gasteiger partial charge on any atom is 0.220 e. The monoisotopic (exact) mass is 301 g/mol. The maximum absolute atomic E-state index is 12.0. The van der Waals surface area contributed by atoms with Crippen molar-refractivity contribution in [1.29, 1.82) is 0 Å². The number of benzene rings is 1. The first-order chi connectivity index (χ1) is 10.5. The lowest BCUT2D eigenvalue weighted by atomic mass is 10.0. The molecule has 1 amide bonds. The normalized spacial score (nSPS) is 18.5. The molecule has 2 N–H and O–H groups in total. The molecule has 1 fully saturated rings. The molecule has 2 aromatic rings. The third-order valence-electron chi connectivity index (χ3n) is 4.53. The largest absolute Gasteiger partial charge is 0.458 e. The number of hydrogen-bond donors (Lipinski definition) is 2. The molecule has 0 saturated heterocycles. The quantitative estimate of drug-likeness (QED) is 0.890. The third-order valence-corrected chi connectivity index (χ3v) is 4.53. The van der Waals surface area contributed by atoms with E-state index in [0.717, 1.165) is 23.8 Å². The van der Waals surface area contributed by atoms with E-state index in [1.165, 1.54) is 12.8 Å². The second kappa shape index (κ2) is 6.13. The summed E-state index contributed by atoms with van der Waals surface area (Å²) in [5.74, 6) is 1.01. The Morgan fingerprint density at radius 2 is 2.09 bits per heavy atom. The van der Waals surface area contributed by atoms with Crippen molar-refractivity contribution in [3.63, 3.8) is 0 Å². The van der Waals surface area contributed by atoms with Gasteiger partial charge in [0.25, 0.3) is 0 Å². The summed E-state index contributed by atoms with van der Waals surface area (Å²) in [4.78, 5) is 12.0. The van der Waals surface area contributed by atoms with E-state index >= 15 is 0 Å². The summed E-state index contributed by atoms with van der Waals surface area (Å²) in [7, 11) is 0. The van der Waals surface area contributed by atoms with Gasteiger partial charge in [-0.3, -0.25) is 4.79 Å². The van der Waals surface area contributed by atoms with Crippen molar-refractivity contribution < 1.29 is 14.3 Å². The first kappa shape index (κ1) is 15.1. The van der Waals surface area contributed by atoms with Crippen LogP contribution in [0.15, 0.2) is 34.7 Å². The van der Waals surface area contributed by atoms with E-state index in [9.17, 15) is 9.90 Å². The smallest absolute Gasteiger partial charge is 0.220 e. The minimum Gasteiger partial charge on any atom is -0.458 e. The molecule has 1 heterocycles. The summed E-state index contributed by atoms with van der Waals surface area (Å²) in [5.41, 5.74) is -0.459. The van der Waals surface area contributed by atoms with Crippen LogP contribution >= 0.6 is 0 Å². The van der Waals surface area contributed by atoms with Crippen molar-refractivity contribution in [2.75, 3.05) is 6.54 Å². The molecule has 4 nitrogen and oxygen atoms in total. The van der Waals surface area contributed by atoms with Crippen LogP contribution < -0.4 is 5.32 Å². The maximum atomic E-state index is 12.0. The summed E-state index contributed by atoms with van der Waals surface area (Å²) in [6, 6.07) is 9.47. The van der Waals surface area contributed by atoms with Gasteiger partial charge in [0.05, 0.1) is 6.54 Å². The molecule has 1 aliphatic carbocycles. The number of fused-ring (bicyclic) bond motifs is 1. The number of aliphatic hydroxyl groups is 1. The highest BCUT2D eigenvalue weighted by atomic mass is 16.4. The Morgan fingerprint density at radius 1 is 1.36 bits per heavy atom. The predicted octanol–water partition coefficient (Wildman–Crippen LogP) is 3.34. The van der Waals surface area contributed by atoms with Crippen molar-refractivity contribution in [1.82, 2.24) is 5.32 Å². The SMILES string of the molecule is CC(O)(CNC(=O)CC1CCCC1)c1cc2ccccc2o1. The molecule has 4 heteroatoms. The van der Waals surface area contributed by atoms with Crippen LogP contribution in [0.25, 0.3) is 11.0 Å². The van der Waals surface area contributed by atoms with Crippen molar-refractivity contribution in [3.8, 4) is 0 Å². The van der Waals surface area contributed by atoms with Gasteiger partial charge in [-0.1, -0.05) is 31.0 Å². The van der Waals surface area contributed by atoms with Crippen LogP contribution in [0.4, 0.5) is 0 Å². The minimum absolute atomic E-state index is 0.0169. The zero-order valence-corrected chi connectivity index (χ0v) is 13.0. The number of rotatable bonds is 5. The highest BCUT2D eigenvalue weighted by Gasteiger charge is 2.28. The van der Waals surface area contributed by atoms with Crippen LogP contribution in [0.5, 0.6) is 0 Å². The molecule has 22 heavy (non-hydrogen) atoms. The van der Waals surface area contributed by atoms with Gasteiger partial charge in [-0.15, -0.1) is 0 Å².